The molecule has 0 atom stereocenters. The van der Waals surface area contributed by atoms with Crippen molar-refractivity contribution in [2.75, 3.05) is 15.2 Å². The summed E-state index contributed by atoms with van der Waals surface area (Å²) in [5.41, 5.74) is -0.315. The van der Waals surface area contributed by atoms with Crippen LogP contribution in [0.5, 0.6) is 0 Å². The van der Waals surface area contributed by atoms with Crippen LogP contribution in [0.2, 0.25) is 0 Å². The van der Waals surface area contributed by atoms with Gasteiger partial charge in [0.15, 0.2) is 5.82 Å². The van der Waals surface area contributed by atoms with E-state index >= 15 is 0 Å². The highest BCUT2D eigenvalue weighted by Crippen LogP contribution is 2.22. The van der Waals surface area contributed by atoms with Crippen molar-refractivity contribution >= 4 is 31.6 Å². The van der Waals surface area contributed by atoms with Crippen LogP contribution in [0.4, 0.5) is 15.9 Å². The fourth-order valence-electron chi connectivity index (χ4n) is 1.81. The van der Waals surface area contributed by atoms with Crippen molar-refractivity contribution in [2.24, 2.45) is 7.05 Å². The van der Waals surface area contributed by atoms with Crippen molar-refractivity contribution in [3.63, 3.8) is 0 Å². The first-order valence-corrected chi connectivity index (χ1v) is 9.95. The van der Waals surface area contributed by atoms with E-state index in [-0.39, 0.29) is 22.2 Å². The molecule has 0 saturated heterocycles. The fraction of sp³-hybridized carbons (Fsp3) is 0.333. The normalized spacial score (nSPS) is 12.1. The maximum atomic E-state index is 14.1. The molecular formula is C12H16FN5O4S2. The topological polar surface area (TPSA) is 123 Å². The maximum absolute atomic E-state index is 14.1. The molecular weight excluding hydrogens is 361 g/mol. The second-order valence-electron chi connectivity index (χ2n) is 4.91. The van der Waals surface area contributed by atoms with E-state index in [0.717, 1.165) is 18.2 Å². The van der Waals surface area contributed by atoms with Gasteiger partial charge in [-0.3, -0.25) is 9.44 Å². The van der Waals surface area contributed by atoms with Gasteiger partial charge in [0.2, 0.25) is 10.0 Å². The molecule has 0 bridgehead atoms. The van der Waals surface area contributed by atoms with Crippen molar-refractivity contribution in [3.8, 4) is 0 Å². The second kappa shape index (κ2) is 6.73. The molecule has 0 fully saturated rings. The van der Waals surface area contributed by atoms with Crippen molar-refractivity contribution < 1.29 is 21.2 Å². The van der Waals surface area contributed by atoms with Crippen LogP contribution >= 0.6 is 0 Å². The lowest BCUT2D eigenvalue weighted by atomic mass is 10.3. The van der Waals surface area contributed by atoms with Gasteiger partial charge in [0, 0.05) is 7.05 Å². The Morgan fingerprint density at radius 1 is 1.21 bits per heavy atom. The van der Waals surface area contributed by atoms with Gasteiger partial charge in [-0.2, -0.15) is 0 Å². The average Bonchev–Trinajstić information content (AvgIpc) is 2.85. The zero-order valence-electron chi connectivity index (χ0n) is 12.9. The Kier molecular flexibility index (Phi) is 5.08. The third-order valence-corrected chi connectivity index (χ3v) is 5.77. The molecule has 1 heterocycles. The average molecular weight is 377 g/mol. The van der Waals surface area contributed by atoms with Crippen molar-refractivity contribution in [1.82, 2.24) is 15.0 Å². The summed E-state index contributed by atoms with van der Waals surface area (Å²) in [7, 11) is -6.26. The van der Waals surface area contributed by atoms with E-state index < -0.39 is 25.9 Å². The first kappa shape index (κ1) is 18.1. The predicted molar refractivity (Wildman–Crippen MR) is 85.9 cm³/mol. The Hall–Kier alpha value is -2.21. The third-order valence-electron chi connectivity index (χ3n) is 2.94. The van der Waals surface area contributed by atoms with Crippen molar-refractivity contribution in [3.05, 3.63) is 30.2 Å². The smallest absolute Gasteiger partial charge is 0.263 e. The SMILES string of the molecule is CCCS(=O)(=O)Nc1ccc(S(=O)(=O)Nc2cnnn2C)cc1F. The highest BCUT2D eigenvalue weighted by Gasteiger charge is 2.19. The van der Waals surface area contributed by atoms with Crippen LogP contribution in [-0.2, 0) is 27.1 Å². The van der Waals surface area contributed by atoms with Gasteiger partial charge in [0.1, 0.15) is 5.82 Å². The van der Waals surface area contributed by atoms with Gasteiger partial charge in [-0.05, 0) is 24.6 Å². The third kappa shape index (κ3) is 4.20. The Labute approximate surface area is 139 Å². The lowest BCUT2D eigenvalue weighted by Gasteiger charge is -2.11. The van der Waals surface area contributed by atoms with E-state index in [9.17, 15) is 21.2 Å². The van der Waals surface area contributed by atoms with Crippen molar-refractivity contribution in [1.29, 1.82) is 0 Å². The molecule has 1 aromatic carbocycles. The molecule has 9 nitrogen and oxygen atoms in total. The first-order valence-electron chi connectivity index (χ1n) is 6.82. The van der Waals surface area contributed by atoms with Gasteiger partial charge in [0.05, 0.1) is 22.5 Å². The molecule has 0 amide bonds. The van der Waals surface area contributed by atoms with Crippen LogP contribution in [0, 0.1) is 5.82 Å². The summed E-state index contributed by atoms with van der Waals surface area (Å²) < 4.78 is 67.3. The van der Waals surface area contributed by atoms with E-state index in [1.807, 2.05) is 0 Å². The maximum Gasteiger partial charge on any atom is 0.263 e. The Bertz CT molecular complexity index is 940. The van der Waals surface area contributed by atoms with E-state index in [1.165, 1.54) is 17.9 Å². The number of hydrogen-bond donors (Lipinski definition) is 2. The summed E-state index contributed by atoms with van der Waals surface area (Å²) >= 11 is 0. The highest BCUT2D eigenvalue weighted by atomic mass is 32.2. The molecule has 132 valence electrons. The number of anilines is 2. The largest absolute Gasteiger partial charge is 0.281 e. The number of aromatic nitrogens is 3. The second-order valence-corrected chi connectivity index (χ2v) is 8.44. The molecule has 2 aromatic rings. The van der Waals surface area contributed by atoms with Crippen LogP contribution in [0.1, 0.15) is 13.3 Å². The molecule has 0 saturated carbocycles. The van der Waals surface area contributed by atoms with E-state index in [0.29, 0.717) is 6.42 Å². The molecule has 0 aliphatic heterocycles. The number of benzene rings is 1. The minimum absolute atomic E-state index is 0.100. The van der Waals surface area contributed by atoms with Gasteiger partial charge < -0.3 is 0 Å². The van der Waals surface area contributed by atoms with Crippen LogP contribution < -0.4 is 9.44 Å². The monoisotopic (exact) mass is 377 g/mol. The van der Waals surface area contributed by atoms with Crippen LogP contribution in [-0.4, -0.2) is 37.6 Å². The highest BCUT2D eigenvalue weighted by molar-refractivity contribution is 7.93. The van der Waals surface area contributed by atoms with Gasteiger partial charge >= 0.3 is 0 Å². The zero-order chi connectivity index (χ0) is 18.0. The minimum Gasteiger partial charge on any atom is -0.281 e. The number of aryl methyl sites for hydroxylation is 1. The molecule has 0 spiro atoms. The Morgan fingerprint density at radius 2 is 1.92 bits per heavy atom. The molecule has 2 N–H and O–H groups in total. The summed E-state index contributed by atoms with van der Waals surface area (Å²) in [6, 6.07) is 2.88. The molecule has 1 aromatic heterocycles. The van der Waals surface area contributed by atoms with Crippen LogP contribution in [0.3, 0.4) is 0 Å². The molecule has 24 heavy (non-hydrogen) atoms. The minimum atomic E-state index is -4.07. The molecule has 0 aliphatic rings. The lowest BCUT2D eigenvalue weighted by Crippen LogP contribution is -2.18. The number of sulfonamides is 2. The number of hydrogen-bond acceptors (Lipinski definition) is 6. The summed E-state index contributed by atoms with van der Waals surface area (Å²) in [5.74, 6) is -1.06. The number of nitrogens with one attached hydrogen (secondary N) is 2. The molecule has 0 unspecified atom stereocenters. The van der Waals surface area contributed by atoms with E-state index in [1.54, 1.807) is 6.92 Å². The number of nitrogens with zero attached hydrogens (tertiary/aromatic N) is 3. The molecule has 0 radical (unpaired) electrons. The summed E-state index contributed by atoms with van der Waals surface area (Å²) in [6.07, 6.45) is 1.56. The summed E-state index contributed by atoms with van der Waals surface area (Å²) in [5, 5.41) is 7.10. The van der Waals surface area contributed by atoms with Crippen LogP contribution in [0.25, 0.3) is 0 Å². The van der Waals surface area contributed by atoms with Gasteiger partial charge in [0.25, 0.3) is 10.0 Å². The van der Waals surface area contributed by atoms with Crippen molar-refractivity contribution in [2.45, 2.75) is 18.2 Å². The summed E-state index contributed by atoms with van der Waals surface area (Å²) in [6.45, 7) is 1.67. The number of rotatable bonds is 7. The standard InChI is InChI=1S/C12H16FN5O4S2/c1-3-6-23(19,20)15-11-5-4-9(7-10(11)13)24(21,22)16-12-8-14-17-18(12)2/h4-5,7-8,15-16H,3,6H2,1-2H3. The first-order chi connectivity index (χ1) is 11.1. The van der Waals surface area contributed by atoms with E-state index in [2.05, 4.69) is 19.8 Å². The summed E-state index contributed by atoms with van der Waals surface area (Å²) in [4.78, 5) is -0.361. The van der Waals surface area contributed by atoms with Crippen LogP contribution in [0.15, 0.2) is 29.3 Å². The lowest BCUT2D eigenvalue weighted by molar-refractivity contribution is 0.594. The van der Waals surface area contributed by atoms with Gasteiger partial charge in [-0.1, -0.05) is 12.1 Å². The molecule has 2 rings (SSSR count). The van der Waals surface area contributed by atoms with Gasteiger partial charge in [-0.15, -0.1) is 5.10 Å². The predicted octanol–water partition coefficient (Wildman–Crippen LogP) is 0.907. The van der Waals surface area contributed by atoms with E-state index in [4.69, 9.17) is 0 Å². The quantitative estimate of drug-likeness (QED) is 0.739. The Balaban J connectivity index is 2.27. The zero-order valence-corrected chi connectivity index (χ0v) is 14.5. The fourth-order valence-corrected chi connectivity index (χ4v) is 4.04. The van der Waals surface area contributed by atoms with Gasteiger partial charge in [-0.25, -0.2) is 25.9 Å². The Morgan fingerprint density at radius 3 is 2.46 bits per heavy atom. The molecule has 0 aliphatic carbocycles. The molecule has 12 heteroatoms. The number of halogens is 1.